The Morgan fingerprint density at radius 2 is 1.81 bits per heavy atom. The van der Waals surface area contributed by atoms with Crippen LogP contribution in [0.5, 0.6) is 0 Å². The summed E-state index contributed by atoms with van der Waals surface area (Å²) >= 11 is 6.42. The van der Waals surface area contributed by atoms with Gasteiger partial charge in [0.15, 0.2) is 0 Å². The fraction of sp³-hybridized carbons (Fsp3) is 0.222. The second-order valence-electron chi connectivity index (χ2n) is 5.92. The Hall–Kier alpha value is -2.80. The molecule has 0 radical (unpaired) electrons. The SMILES string of the molecule is Cc1cc(C)nc(N/N=C\c2c(C)nn(Cc3ccc(F)cc3)c2Cl)n1. The van der Waals surface area contributed by atoms with Crippen LogP contribution in [0.1, 0.15) is 28.2 Å². The number of aromatic nitrogens is 4. The predicted octanol–water partition coefficient (Wildman–Crippen LogP) is 3.89. The average molecular weight is 373 g/mol. The van der Waals surface area contributed by atoms with E-state index >= 15 is 0 Å². The van der Waals surface area contributed by atoms with Crippen molar-refractivity contribution < 1.29 is 4.39 Å². The van der Waals surface area contributed by atoms with Gasteiger partial charge in [-0.1, -0.05) is 23.7 Å². The molecule has 0 atom stereocenters. The molecule has 0 saturated carbocycles. The van der Waals surface area contributed by atoms with E-state index < -0.39 is 0 Å². The minimum atomic E-state index is -0.274. The van der Waals surface area contributed by atoms with Crippen molar-refractivity contribution in [3.8, 4) is 0 Å². The van der Waals surface area contributed by atoms with Crippen molar-refractivity contribution in [3.05, 3.63) is 69.5 Å². The van der Waals surface area contributed by atoms with Crippen LogP contribution in [0.3, 0.4) is 0 Å². The third-order valence-electron chi connectivity index (χ3n) is 3.70. The molecule has 0 saturated heterocycles. The number of aryl methyl sites for hydroxylation is 3. The van der Waals surface area contributed by atoms with Crippen molar-refractivity contribution in [1.82, 2.24) is 19.7 Å². The standard InChI is InChI=1S/C18H18ClFN6/c1-11-8-12(2)23-18(22-11)24-21-9-16-13(3)25-26(17(16)19)10-14-4-6-15(20)7-5-14/h4-9H,10H2,1-3H3,(H,22,23,24)/b21-9-. The zero-order valence-corrected chi connectivity index (χ0v) is 15.4. The lowest BCUT2D eigenvalue weighted by molar-refractivity contribution is 0.624. The highest BCUT2D eigenvalue weighted by atomic mass is 35.5. The molecule has 0 amide bonds. The molecule has 2 heterocycles. The van der Waals surface area contributed by atoms with E-state index in [9.17, 15) is 4.39 Å². The summed E-state index contributed by atoms with van der Waals surface area (Å²) in [5.74, 6) is 0.148. The summed E-state index contributed by atoms with van der Waals surface area (Å²) in [5.41, 5.74) is 6.86. The fourth-order valence-electron chi connectivity index (χ4n) is 2.51. The van der Waals surface area contributed by atoms with Gasteiger partial charge < -0.3 is 0 Å². The van der Waals surface area contributed by atoms with E-state index in [4.69, 9.17) is 11.6 Å². The van der Waals surface area contributed by atoms with Crippen LogP contribution in [0.4, 0.5) is 10.3 Å². The molecular formula is C18H18ClFN6. The normalized spacial score (nSPS) is 11.3. The minimum absolute atomic E-state index is 0.274. The van der Waals surface area contributed by atoms with E-state index in [2.05, 4.69) is 25.6 Å². The van der Waals surface area contributed by atoms with E-state index in [1.165, 1.54) is 12.1 Å². The molecule has 0 aliphatic heterocycles. The summed E-state index contributed by atoms with van der Waals surface area (Å²) in [6.07, 6.45) is 1.59. The second kappa shape index (κ2) is 7.61. The molecule has 0 fully saturated rings. The van der Waals surface area contributed by atoms with Gasteiger partial charge in [-0.2, -0.15) is 10.2 Å². The third kappa shape index (κ3) is 4.23. The number of anilines is 1. The van der Waals surface area contributed by atoms with E-state index in [-0.39, 0.29) is 5.82 Å². The minimum Gasteiger partial charge on any atom is -0.249 e. The first-order valence-corrected chi connectivity index (χ1v) is 8.39. The Bertz CT molecular complexity index is 929. The number of nitrogens with one attached hydrogen (secondary N) is 1. The van der Waals surface area contributed by atoms with E-state index in [1.807, 2.05) is 26.8 Å². The van der Waals surface area contributed by atoms with E-state index in [1.54, 1.807) is 23.0 Å². The molecule has 8 heteroatoms. The Morgan fingerprint density at radius 1 is 1.15 bits per heavy atom. The van der Waals surface area contributed by atoms with Crippen molar-refractivity contribution in [2.24, 2.45) is 5.10 Å². The Morgan fingerprint density at radius 3 is 2.46 bits per heavy atom. The quantitative estimate of drug-likeness (QED) is 0.545. The van der Waals surface area contributed by atoms with Gasteiger partial charge in [-0.05, 0) is 44.5 Å². The summed E-state index contributed by atoms with van der Waals surface area (Å²) < 4.78 is 14.7. The Labute approximate surface area is 155 Å². The van der Waals surface area contributed by atoms with Gasteiger partial charge in [-0.3, -0.25) is 0 Å². The zero-order chi connectivity index (χ0) is 18.7. The van der Waals surface area contributed by atoms with Crippen molar-refractivity contribution in [2.75, 3.05) is 5.43 Å². The highest BCUT2D eigenvalue weighted by Crippen LogP contribution is 2.19. The lowest BCUT2D eigenvalue weighted by atomic mass is 10.2. The maximum absolute atomic E-state index is 13.0. The molecule has 26 heavy (non-hydrogen) atoms. The molecule has 0 unspecified atom stereocenters. The molecule has 3 rings (SSSR count). The van der Waals surface area contributed by atoms with Crippen LogP contribution in [0, 0.1) is 26.6 Å². The summed E-state index contributed by atoms with van der Waals surface area (Å²) in [5, 5.41) is 9.04. The molecule has 0 aliphatic carbocycles. The second-order valence-corrected chi connectivity index (χ2v) is 6.28. The molecular weight excluding hydrogens is 355 g/mol. The first-order chi connectivity index (χ1) is 12.4. The molecule has 6 nitrogen and oxygen atoms in total. The third-order valence-corrected chi connectivity index (χ3v) is 4.09. The van der Waals surface area contributed by atoms with Gasteiger partial charge in [0.25, 0.3) is 0 Å². The lowest BCUT2D eigenvalue weighted by Gasteiger charge is -2.03. The largest absolute Gasteiger partial charge is 0.249 e. The van der Waals surface area contributed by atoms with Gasteiger partial charge in [0.2, 0.25) is 5.95 Å². The molecule has 0 spiro atoms. The van der Waals surface area contributed by atoms with Crippen LogP contribution in [0.25, 0.3) is 0 Å². The molecule has 1 aromatic carbocycles. The molecule has 0 bridgehead atoms. The predicted molar refractivity (Wildman–Crippen MR) is 100 cm³/mol. The van der Waals surface area contributed by atoms with Gasteiger partial charge in [0.1, 0.15) is 11.0 Å². The van der Waals surface area contributed by atoms with Crippen LogP contribution >= 0.6 is 11.6 Å². The molecule has 0 aliphatic rings. The summed E-state index contributed by atoms with van der Waals surface area (Å²) in [4.78, 5) is 8.52. The molecule has 3 aromatic rings. The first-order valence-electron chi connectivity index (χ1n) is 8.01. The van der Waals surface area contributed by atoms with Crippen molar-refractivity contribution in [2.45, 2.75) is 27.3 Å². The topological polar surface area (TPSA) is 68.0 Å². The van der Waals surface area contributed by atoms with Gasteiger partial charge in [0.05, 0.1) is 24.0 Å². The van der Waals surface area contributed by atoms with E-state index in [0.29, 0.717) is 23.2 Å². The van der Waals surface area contributed by atoms with Gasteiger partial charge in [-0.15, -0.1) is 0 Å². The number of hydrogen-bond acceptors (Lipinski definition) is 5. The number of hydrogen-bond donors (Lipinski definition) is 1. The summed E-state index contributed by atoms with van der Waals surface area (Å²) in [6, 6.07) is 8.12. The van der Waals surface area contributed by atoms with Crippen LogP contribution < -0.4 is 5.43 Å². The zero-order valence-electron chi connectivity index (χ0n) is 14.7. The highest BCUT2D eigenvalue weighted by molar-refractivity contribution is 6.32. The maximum Gasteiger partial charge on any atom is 0.243 e. The lowest BCUT2D eigenvalue weighted by Crippen LogP contribution is -2.02. The van der Waals surface area contributed by atoms with Gasteiger partial charge in [-0.25, -0.2) is 24.5 Å². The summed E-state index contributed by atoms with van der Waals surface area (Å²) in [6.45, 7) is 6.08. The molecule has 1 N–H and O–H groups in total. The monoisotopic (exact) mass is 372 g/mol. The van der Waals surface area contributed by atoms with Gasteiger partial charge >= 0.3 is 0 Å². The number of rotatable bonds is 5. The fourth-order valence-corrected chi connectivity index (χ4v) is 2.79. The van der Waals surface area contributed by atoms with Gasteiger partial charge in [0, 0.05) is 11.4 Å². The van der Waals surface area contributed by atoms with Crippen molar-refractivity contribution >= 4 is 23.8 Å². The number of benzene rings is 1. The maximum atomic E-state index is 13.0. The number of nitrogens with zero attached hydrogens (tertiary/aromatic N) is 5. The van der Waals surface area contributed by atoms with Crippen molar-refractivity contribution in [1.29, 1.82) is 0 Å². The summed E-state index contributed by atoms with van der Waals surface area (Å²) in [7, 11) is 0. The Balaban J connectivity index is 1.76. The molecule has 2 aromatic heterocycles. The number of hydrazone groups is 1. The van der Waals surface area contributed by atoms with Crippen LogP contribution in [0.2, 0.25) is 5.15 Å². The van der Waals surface area contributed by atoms with Crippen LogP contribution in [-0.4, -0.2) is 26.0 Å². The average Bonchev–Trinajstić information content (AvgIpc) is 2.83. The molecule has 134 valence electrons. The highest BCUT2D eigenvalue weighted by Gasteiger charge is 2.12. The van der Waals surface area contributed by atoms with Crippen LogP contribution in [-0.2, 0) is 6.54 Å². The van der Waals surface area contributed by atoms with E-state index in [0.717, 1.165) is 22.6 Å². The number of halogens is 2. The van der Waals surface area contributed by atoms with Crippen molar-refractivity contribution in [3.63, 3.8) is 0 Å². The first kappa shape index (κ1) is 18.0. The smallest absolute Gasteiger partial charge is 0.243 e. The Kier molecular flexibility index (Phi) is 5.27. The van der Waals surface area contributed by atoms with Crippen LogP contribution in [0.15, 0.2) is 35.4 Å².